The lowest BCUT2D eigenvalue weighted by molar-refractivity contribution is 0.102. The molecule has 9 heteroatoms. The molecule has 0 fully saturated rings. The molecule has 1 aromatic heterocycles. The molecular weight excluding hydrogens is 397 g/mol. The smallest absolute Gasteiger partial charge is 0.339 e. The number of benzene rings is 3. The summed E-state index contributed by atoms with van der Waals surface area (Å²) in [7, 11) is -4.22. The predicted molar refractivity (Wildman–Crippen MR) is 105 cm³/mol. The van der Waals surface area contributed by atoms with E-state index in [1.165, 1.54) is 24.3 Å². The first kappa shape index (κ1) is 18.6. The molecule has 1 heterocycles. The largest absolute Gasteiger partial charge is 0.379 e. The minimum atomic E-state index is -4.22. The summed E-state index contributed by atoms with van der Waals surface area (Å²) in [6.07, 6.45) is 0. The molecule has 0 saturated carbocycles. The maximum Gasteiger partial charge on any atom is 0.339 e. The molecule has 4 rings (SSSR count). The van der Waals surface area contributed by atoms with Crippen molar-refractivity contribution in [1.82, 2.24) is 10.2 Å². The summed E-state index contributed by atoms with van der Waals surface area (Å²) in [6, 6.07) is 17.5. The van der Waals surface area contributed by atoms with Crippen molar-refractivity contribution >= 4 is 32.7 Å². The molecule has 1 amide bonds. The third kappa shape index (κ3) is 3.94. The van der Waals surface area contributed by atoms with Gasteiger partial charge in [0, 0.05) is 10.9 Å². The third-order valence-corrected chi connectivity index (χ3v) is 5.34. The minimum absolute atomic E-state index is 0.00151. The van der Waals surface area contributed by atoms with E-state index in [1.807, 2.05) is 0 Å². The van der Waals surface area contributed by atoms with Gasteiger partial charge in [0.25, 0.3) is 5.91 Å². The first-order valence-electron chi connectivity index (χ1n) is 8.47. The second kappa shape index (κ2) is 7.36. The predicted octanol–water partition coefficient (Wildman–Crippen LogP) is 3.72. The van der Waals surface area contributed by atoms with Gasteiger partial charge in [0.15, 0.2) is 5.82 Å². The highest BCUT2D eigenvalue weighted by molar-refractivity contribution is 7.87. The quantitative estimate of drug-likeness (QED) is 0.488. The van der Waals surface area contributed by atoms with Gasteiger partial charge in [-0.15, -0.1) is 0 Å². The first-order valence-corrected chi connectivity index (χ1v) is 9.88. The van der Waals surface area contributed by atoms with E-state index in [0.717, 1.165) is 12.1 Å². The highest BCUT2D eigenvalue weighted by Crippen LogP contribution is 2.27. The molecule has 0 spiro atoms. The van der Waals surface area contributed by atoms with Crippen molar-refractivity contribution in [2.45, 2.75) is 4.90 Å². The molecule has 0 saturated heterocycles. The van der Waals surface area contributed by atoms with Crippen LogP contribution in [0, 0.1) is 5.82 Å². The Kier molecular flexibility index (Phi) is 4.73. The molecule has 3 aromatic carbocycles. The summed E-state index contributed by atoms with van der Waals surface area (Å²) in [5.74, 6) is -0.829. The van der Waals surface area contributed by atoms with Gasteiger partial charge in [-0.1, -0.05) is 24.3 Å². The average molecular weight is 411 g/mol. The van der Waals surface area contributed by atoms with Crippen molar-refractivity contribution in [3.05, 3.63) is 84.2 Å². The van der Waals surface area contributed by atoms with Crippen LogP contribution in [0.4, 0.5) is 10.2 Å². The number of anilines is 1. The summed E-state index contributed by atoms with van der Waals surface area (Å²) in [6.45, 7) is 0. The fourth-order valence-electron chi connectivity index (χ4n) is 2.71. The van der Waals surface area contributed by atoms with E-state index in [2.05, 4.69) is 15.5 Å². The van der Waals surface area contributed by atoms with Crippen molar-refractivity contribution in [2.75, 3.05) is 5.32 Å². The van der Waals surface area contributed by atoms with Crippen molar-refractivity contribution < 1.29 is 21.8 Å². The Hall–Kier alpha value is -3.72. The second-order valence-electron chi connectivity index (χ2n) is 6.09. The monoisotopic (exact) mass is 411 g/mol. The van der Waals surface area contributed by atoms with E-state index in [1.54, 1.807) is 36.4 Å². The Morgan fingerprint density at radius 2 is 1.79 bits per heavy atom. The van der Waals surface area contributed by atoms with Gasteiger partial charge in [0.05, 0.1) is 5.52 Å². The zero-order valence-electron chi connectivity index (χ0n) is 14.8. The summed E-state index contributed by atoms with van der Waals surface area (Å²) >= 11 is 0. The van der Waals surface area contributed by atoms with E-state index in [9.17, 15) is 17.6 Å². The minimum Gasteiger partial charge on any atom is -0.379 e. The van der Waals surface area contributed by atoms with Gasteiger partial charge in [0.1, 0.15) is 16.5 Å². The van der Waals surface area contributed by atoms with Gasteiger partial charge in [-0.25, -0.2) is 4.39 Å². The maximum absolute atomic E-state index is 13.3. The van der Waals surface area contributed by atoms with Gasteiger partial charge in [-0.2, -0.15) is 13.5 Å². The van der Waals surface area contributed by atoms with Crippen LogP contribution in [-0.2, 0) is 10.1 Å². The van der Waals surface area contributed by atoms with Crippen LogP contribution < -0.4 is 9.50 Å². The van der Waals surface area contributed by atoms with E-state index in [4.69, 9.17) is 4.18 Å². The molecule has 0 aliphatic rings. The fourth-order valence-corrected chi connectivity index (χ4v) is 3.66. The van der Waals surface area contributed by atoms with Crippen LogP contribution in [0.3, 0.4) is 0 Å². The molecule has 146 valence electrons. The van der Waals surface area contributed by atoms with Crippen LogP contribution in [0.5, 0.6) is 5.75 Å². The van der Waals surface area contributed by atoms with Gasteiger partial charge in [-0.3, -0.25) is 9.89 Å². The molecule has 7 nitrogen and oxygen atoms in total. The molecule has 0 atom stereocenters. The molecule has 0 aliphatic carbocycles. The van der Waals surface area contributed by atoms with Crippen molar-refractivity contribution in [3.8, 4) is 5.75 Å². The maximum atomic E-state index is 13.3. The number of fused-ring (bicyclic) bond motifs is 1. The number of nitrogens with one attached hydrogen (secondary N) is 2. The van der Waals surface area contributed by atoms with Crippen LogP contribution in [0.15, 0.2) is 77.7 Å². The molecule has 0 radical (unpaired) electrons. The Balaban J connectivity index is 1.62. The van der Waals surface area contributed by atoms with Crippen LogP contribution in [0.1, 0.15) is 10.4 Å². The zero-order chi connectivity index (χ0) is 20.4. The van der Waals surface area contributed by atoms with Gasteiger partial charge >= 0.3 is 10.1 Å². The van der Waals surface area contributed by atoms with Gasteiger partial charge < -0.3 is 9.50 Å². The summed E-state index contributed by atoms with van der Waals surface area (Å²) < 4.78 is 43.2. The van der Waals surface area contributed by atoms with Crippen LogP contribution in [0.2, 0.25) is 0 Å². The molecule has 2 N–H and O–H groups in total. The highest BCUT2D eigenvalue weighted by atomic mass is 32.2. The number of halogens is 1. The number of hydrogen-bond donors (Lipinski definition) is 2. The SMILES string of the molecule is O=C(Nc1n[nH]c2ccc(OS(=O)(=O)c3cccc(F)c3)cc12)c1ccccc1. The number of carbonyl (C=O) groups is 1. The Bertz CT molecular complexity index is 1300. The fraction of sp³-hybridized carbons (Fsp3) is 0. The van der Waals surface area contributed by atoms with E-state index in [0.29, 0.717) is 16.5 Å². The summed E-state index contributed by atoms with van der Waals surface area (Å²) in [4.78, 5) is 12.1. The van der Waals surface area contributed by atoms with Crippen molar-refractivity contribution in [2.24, 2.45) is 0 Å². The van der Waals surface area contributed by atoms with Crippen molar-refractivity contribution in [1.29, 1.82) is 0 Å². The van der Waals surface area contributed by atoms with Crippen LogP contribution in [0.25, 0.3) is 10.9 Å². The number of amides is 1. The number of aromatic nitrogens is 2. The second-order valence-corrected chi connectivity index (χ2v) is 7.64. The Morgan fingerprint density at radius 3 is 2.55 bits per heavy atom. The van der Waals surface area contributed by atoms with Gasteiger partial charge in [0.2, 0.25) is 0 Å². The Morgan fingerprint density at radius 1 is 1.00 bits per heavy atom. The molecule has 0 bridgehead atoms. The molecular formula is C20H14FN3O4S. The third-order valence-electron chi connectivity index (χ3n) is 4.09. The average Bonchev–Trinajstić information content (AvgIpc) is 3.10. The summed E-state index contributed by atoms with van der Waals surface area (Å²) in [5.41, 5.74) is 1.02. The van der Waals surface area contributed by atoms with Crippen molar-refractivity contribution in [3.63, 3.8) is 0 Å². The first-order chi connectivity index (χ1) is 13.9. The normalized spacial score (nSPS) is 11.3. The highest BCUT2D eigenvalue weighted by Gasteiger charge is 2.19. The molecule has 0 unspecified atom stereocenters. The number of H-pyrrole nitrogens is 1. The zero-order valence-corrected chi connectivity index (χ0v) is 15.6. The number of hydrogen-bond acceptors (Lipinski definition) is 5. The Labute approximate surface area is 165 Å². The summed E-state index contributed by atoms with van der Waals surface area (Å²) in [5, 5.41) is 9.95. The number of nitrogens with zero attached hydrogens (tertiary/aromatic N) is 1. The lowest BCUT2D eigenvalue weighted by atomic mass is 10.2. The molecule has 29 heavy (non-hydrogen) atoms. The number of aromatic amines is 1. The van der Waals surface area contributed by atoms with E-state index < -0.39 is 15.9 Å². The topological polar surface area (TPSA) is 101 Å². The van der Waals surface area contributed by atoms with Crippen LogP contribution >= 0.6 is 0 Å². The van der Waals surface area contributed by atoms with Crippen LogP contribution in [-0.4, -0.2) is 24.5 Å². The van der Waals surface area contributed by atoms with E-state index >= 15 is 0 Å². The number of rotatable bonds is 5. The van der Waals surface area contributed by atoms with Gasteiger partial charge in [-0.05, 0) is 48.5 Å². The standard InChI is InChI=1S/C20H14FN3O4S/c21-14-7-4-8-16(11-14)29(26,27)28-15-9-10-18-17(12-15)19(24-23-18)22-20(25)13-5-2-1-3-6-13/h1-12H,(H2,22,23,24,25). The lowest BCUT2D eigenvalue weighted by Gasteiger charge is -2.08. The number of carbonyl (C=O) groups excluding carboxylic acids is 1. The van der Waals surface area contributed by atoms with E-state index in [-0.39, 0.29) is 22.4 Å². The lowest BCUT2D eigenvalue weighted by Crippen LogP contribution is -2.12. The molecule has 4 aromatic rings. The molecule has 0 aliphatic heterocycles.